The van der Waals surface area contributed by atoms with E-state index >= 15 is 0 Å². The minimum Gasteiger partial charge on any atom is -0.333 e. The van der Waals surface area contributed by atoms with Crippen molar-refractivity contribution in [3.05, 3.63) is 63.8 Å². The summed E-state index contributed by atoms with van der Waals surface area (Å²) in [5.74, 6) is -0.551. The highest BCUT2D eigenvalue weighted by atomic mass is 19.1. The number of nitrogens with zero attached hydrogens (tertiary/aromatic N) is 3. The molecule has 2 unspecified atom stereocenters. The molecule has 2 fully saturated rings. The van der Waals surface area contributed by atoms with Crippen molar-refractivity contribution >= 4 is 5.91 Å². The number of carbonyl (C=O) groups excluding carboxylic acids is 1. The van der Waals surface area contributed by atoms with Crippen LogP contribution in [0, 0.1) is 12.7 Å². The predicted molar refractivity (Wildman–Crippen MR) is 92.6 cm³/mol. The Morgan fingerprint density at radius 1 is 1.12 bits per heavy atom. The van der Waals surface area contributed by atoms with Gasteiger partial charge in [-0.2, -0.15) is 0 Å². The Hall–Kier alpha value is -2.47. The van der Waals surface area contributed by atoms with Gasteiger partial charge < -0.3 is 4.90 Å². The minimum absolute atomic E-state index is 0.189. The van der Waals surface area contributed by atoms with Gasteiger partial charge in [-0.1, -0.05) is 0 Å². The quantitative estimate of drug-likeness (QED) is 0.837. The average molecular weight is 341 g/mol. The fraction of sp³-hybridized carbons (Fsp3) is 0.368. The van der Waals surface area contributed by atoms with Crippen molar-refractivity contribution in [3.8, 4) is 5.69 Å². The number of aryl methyl sites for hydroxylation is 1. The van der Waals surface area contributed by atoms with Crippen molar-refractivity contribution in [1.82, 2.24) is 14.4 Å². The van der Waals surface area contributed by atoms with Crippen molar-refractivity contribution in [2.45, 2.75) is 19.4 Å². The van der Waals surface area contributed by atoms with Crippen LogP contribution in [0.25, 0.3) is 5.69 Å². The summed E-state index contributed by atoms with van der Waals surface area (Å²) in [5.41, 5.74) is 1.09. The van der Waals surface area contributed by atoms with Crippen LogP contribution in [-0.4, -0.2) is 52.5 Å². The molecule has 2 bridgehead atoms. The topological polar surface area (TPSA) is 45.6 Å². The number of piperazine rings is 1. The highest BCUT2D eigenvalue weighted by Gasteiger charge is 2.36. The molecule has 1 amide bonds. The Morgan fingerprint density at radius 2 is 1.88 bits per heavy atom. The first kappa shape index (κ1) is 16.0. The molecule has 1 aromatic heterocycles. The van der Waals surface area contributed by atoms with Gasteiger partial charge in [-0.3, -0.25) is 19.1 Å². The van der Waals surface area contributed by atoms with Crippen LogP contribution in [0.2, 0.25) is 0 Å². The fourth-order valence-electron chi connectivity index (χ4n) is 3.80. The first-order valence-electron chi connectivity index (χ1n) is 8.56. The average Bonchev–Trinajstić information content (AvgIpc) is 2.97. The molecule has 0 saturated carbocycles. The molecule has 6 heteroatoms. The van der Waals surface area contributed by atoms with E-state index in [9.17, 15) is 14.0 Å². The molecule has 2 aromatic rings. The van der Waals surface area contributed by atoms with E-state index in [0.29, 0.717) is 17.8 Å². The molecule has 25 heavy (non-hydrogen) atoms. The number of fused-ring (bicyclic) bond motifs is 2. The van der Waals surface area contributed by atoms with E-state index in [1.807, 2.05) is 4.90 Å². The van der Waals surface area contributed by atoms with E-state index in [1.54, 1.807) is 19.2 Å². The smallest absolute Gasteiger partial charge is 0.268 e. The van der Waals surface area contributed by atoms with Gasteiger partial charge in [-0.15, -0.1) is 0 Å². The van der Waals surface area contributed by atoms with Crippen molar-refractivity contribution in [2.75, 3.05) is 26.2 Å². The normalized spacial score (nSPS) is 22.2. The van der Waals surface area contributed by atoms with Crippen LogP contribution < -0.4 is 5.56 Å². The molecule has 0 spiro atoms. The Labute approximate surface area is 145 Å². The zero-order chi connectivity index (χ0) is 17.6. The third-order valence-corrected chi connectivity index (χ3v) is 5.23. The molecule has 0 radical (unpaired) electrons. The number of halogens is 1. The predicted octanol–water partition coefficient (Wildman–Crippen LogP) is 1.82. The Balaban J connectivity index is 1.74. The summed E-state index contributed by atoms with van der Waals surface area (Å²) in [6.45, 7) is 5.22. The van der Waals surface area contributed by atoms with Gasteiger partial charge in [0.05, 0.1) is 0 Å². The van der Waals surface area contributed by atoms with Crippen molar-refractivity contribution in [3.63, 3.8) is 0 Å². The first-order chi connectivity index (χ1) is 12.0. The van der Waals surface area contributed by atoms with Crippen LogP contribution in [0.5, 0.6) is 0 Å². The lowest BCUT2D eigenvalue weighted by Crippen LogP contribution is -2.50. The zero-order valence-electron chi connectivity index (χ0n) is 14.1. The summed E-state index contributed by atoms with van der Waals surface area (Å²) >= 11 is 0. The van der Waals surface area contributed by atoms with Gasteiger partial charge in [-0.25, -0.2) is 4.39 Å². The summed E-state index contributed by atoms with van der Waals surface area (Å²) < 4.78 is 14.6. The van der Waals surface area contributed by atoms with Gasteiger partial charge >= 0.3 is 0 Å². The molecule has 0 N–H and O–H groups in total. The number of hydrogen-bond donors (Lipinski definition) is 0. The molecule has 0 aliphatic carbocycles. The summed E-state index contributed by atoms with van der Waals surface area (Å²) in [7, 11) is 0. The Morgan fingerprint density at radius 3 is 2.64 bits per heavy atom. The van der Waals surface area contributed by atoms with E-state index < -0.39 is 0 Å². The van der Waals surface area contributed by atoms with E-state index in [0.717, 1.165) is 26.1 Å². The molecular formula is C19H20FN3O2. The lowest BCUT2D eigenvalue weighted by Gasteiger charge is -2.34. The first-order valence-corrected chi connectivity index (χ1v) is 8.56. The number of rotatable bonds is 2. The molecule has 2 aliphatic rings. The lowest BCUT2D eigenvalue weighted by molar-refractivity contribution is 0.0606. The van der Waals surface area contributed by atoms with E-state index in [2.05, 4.69) is 4.90 Å². The third kappa shape index (κ3) is 2.76. The van der Waals surface area contributed by atoms with Gasteiger partial charge in [0.25, 0.3) is 11.5 Å². The van der Waals surface area contributed by atoms with Crippen molar-refractivity contribution in [1.29, 1.82) is 0 Å². The molecule has 2 saturated heterocycles. The highest BCUT2D eigenvalue weighted by molar-refractivity contribution is 5.95. The molecule has 3 heterocycles. The fourth-order valence-corrected chi connectivity index (χ4v) is 3.80. The minimum atomic E-state index is -0.362. The number of carbonyl (C=O) groups is 1. The third-order valence-electron chi connectivity index (χ3n) is 5.23. The molecule has 2 atom stereocenters. The lowest BCUT2D eigenvalue weighted by atomic mass is 10.1. The summed E-state index contributed by atoms with van der Waals surface area (Å²) in [4.78, 5) is 30.3. The molecular weight excluding hydrogens is 321 g/mol. The summed E-state index contributed by atoms with van der Waals surface area (Å²) in [5, 5.41) is 0. The maximum absolute atomic E-state index is 13.2. The number of benzene rings is 1. The highest BCUT2D eigenvalue weighted by Crippen LogP contribution is 2.22. The maximum Gasteiger partial charge on any atom is 0.268 e. The number of pyridine rings is 1. The SMILES string of the molecule is Cc1ccn(-c2ccc(F)cc2)c(=O)c1C(=O)N1CCN2CCC1C2. The van der Waals surface area contributed by atoms with Crippen LogP contribution in [0.3, 0.4) is 0 Å². The van der Waals surface area contributed by atoms with Crippen LogP contribution >= 0.6 is 0 Å². The van der Waals surface area contributed by atoms with E-state index in [1.165, 1.54) is 28.8 Å². The second-order valence-corrected chi connectivity index (χ2v) is 6.77. The van der Waals surface area contributed by atoms with E-state index in [4.69, 9.17) is 0 Å². The molecule has 4 rings (SSSR count). The largest absolute Gasteiger partial charge is 0.333 e. The zero-order valence-corrected chi connectivity index (χ0v) is 14.1. The van der Waals surface area contributed by atoms with Crippen LogP contribution in [0.1, 0.15) is 22.3 Å². The monoisotopic (exact) mass is 341 g/mol. The summed E-state index contributed by atoms with van der Waals surface area (Å²) in [6.07, 6.45) is 2.60. The van der Waals surface area contributed by atoms with E-state index in [-0.39, 0.29) is 28.9 Å². The van der Waals surface area contributed by atoms with Crippen LogP contribution in [0.15, 0.2) is 41.3 Å². The van der Waals surface area contributed by atoms with Gasteiger partial charge in [0.2, 0.25) is 0 Å². The number of hydrogen-bond acceptors (Lipinski definition) is 3. The van der Waals surface area contributed by atoms with Crippen molar-refractivity contribution in [2.24, 2.45) is 0 Å². The number of amides is 1. The van der Waals surface area contributed by atoms with Gasteiger partial charge in [-0.05, 0) is 49.2 Å². The standard InChI is InChI=1S/C19H20FN3O2/c1-13-6-9-22(15-4-2-14(20)3-5-15)18(24)17(13)19(25)23-11-10-21-8-7-16(23)12-21/h2-6,9,16H,7-8,10-12H2,1H3. The van der Waals surface area contributed by atoms with Crippen LogP contribution in [-0.2, 0) is 0 Å². The van der Waals surface area contributed by atoms with Gasteiger partial charge in [0.15, 0.2) is 0 Å². The molecule has 2 aliphatic heterocycles. The molecule has 5 nitrogen and oxygen atoms in total. The molecule has 130 valence electrons. The second kappa shape index (κ2) is 6.11. The number of aromatic nitrogens is 1. The Bertz CT molecular complexity index is 875. The van der Waals surface area contributed by atoms with Crippen molar-refractivity contribution < 1.29 is 9.18 Å². The summed E-state index contributed by atoms with van der Waals surface area (Å²) in [6, 6.07) is 7.65. The Kier molecular flexibility index (Phi) is 3.92. The molecule has 1 aromatic carbocycles. The van der Waals surface area contributed by atoms with Crippen LogP contribution in [0.4, 0.5) is 4.39 Å². The van der Waals surface area contributed by atoms with Gasteiger partial charge in [0, 0.05) is 44.1 Å². The van der Waals surface area contributed by atoms with Gasteiger partial charge in [0.1, 0.15) is 11.4 Å². The second-order valence-electron chi connectivity index (χ2n) is 6.77. The maximum atomic E-state index is 13.2.